The normalized spacial score (nSPS) is 11.5. The molecule has 0 fully saturated rings. The van der Waals surface area contributed by atoms with Crippen LogP contribution >= 0.6 is 27.3 Å². The van der Waals surface area contributed by atoms with Gasteiger partial charge >= 0.3 is 0 Å². The number of carbonyl (C=O) groups is 2. The smallest absolute Gasteiger partial charge is 0.269 e. The Balaban J connectivity index is 1.07. The highest BCUT2D eigenvalue weighted by Gasteiger charge is 2.20. The largest absolute Gasteiger partial charge is 0.338 e. The van der Waals surface area contributed by atoms with Crippen molar-refractivity contribution in [3.63, 3.8) is 0 Å². The van der Waals surface area contributed by atoms with E-state index < -0.39 is 10.0 Å². The molecule has 0 saturated heterocycles. The Hall–Kier alpha value is -5.90. The lowest BCUT2D eigenvalue weighted by atomic mass is 10.2. The van der Waals surface area contributed by atoms with Gasteiger partial charge in [0.2, 0.25) is 11.9 Å². The maximum absolute atomic E-state index is 13.2. The number of nitrogens with zero attached hydrogens (tertiary/aromatic N) is 4. The van der Waals surface area contributed by atoms with E-state index >= 15 is 0 Å². The van der Waals surface area contributed by atoms with Gasteiger partial charge in [0.05, 0.1) is 27.0 Å². The van der Waals surface area contributed by atoms with Crippen molar-refractivity contribution in [2.24, 2.45) is 0 Å². The number of allylic oxidation sites excluding steroid dienone is 1. The van der Waals surface area contributed by atoms with Gasteiger partial charge in [-0.2, -0.15) is 4.98 Å². The van der Waals surface area contributed by atoms with Crippen molar-refractivity contribution in [1.82, 2.24) is 18.9 Å². The van der Waals surface area contributed by atoms with Gasteiger partial charge in [0, 0.05) is 45.6 Å². The van der Waals surface area contributed by atoms with Crippen molar-refractivity contribution in [3.05, 3.63) is 133 Å². The minimum Gasteiger partial charge on any atom is -0.338 e. The van der Waals surface area contributed by atoms with E-state index in [1.807, 2.05) is 23.6 Å². The van der Waals surface area contributed by atoms with E-state index in [1.54, 1.807) is 91.1 Å². The number of carbonyl (C=O) groups excluding carboxylic acids is 2. The zero-order valence-corrected chi connectivity index (χ0v) is 29.7. The SMILES string of the molecule is O=C(C=CCBr)Nc1ccc(C(=O)Nc2cccc(Nc3nc(Nc4cnc5c(ccn5S(=O)(=O)c5ccccc5)c4)c4sccc4n3)c2)cc1. The summed E-state index contributed by atoms with van der Waals surface area (Å²) in [5, 5.41) is 15.3. The molecule has 15 heteroatoms. The third-order valence-corrected chi connectivity index (χ3v) is 10.5. The van der Waals surface area contributed by atoms with Crippen LogP contribution in [-0.4, -0.2) is 44.5 Å². The van der Waals surface area contributed by atoms with Gasteiger partial charge in [-0.15, -0.1) is 11.3 Å². The van der Waals surface area contributed by atoms with Crippen molar-refractivity contribution in [3.8, 4) is 0 Å². The molecule has 12 nitrogen and oxygen atoms in total. The number of hydrogen-bond donors (Lipinski definition) is 4. The molecule has 0 aliphatic rings. The molecule has 7 aromatic rings. The molecule has 0 atom stereocenters. The molecule has 0 bridgehead atoms. The van der Waals surface area contributed by atoms with E-state index in [4.69, 9.17) is 4.98 Å². The summed E-state index contributed by atoms with van der Waals surface area (Å²) < 4.78 is 28.5. The summed E-state index contributed by atoms with van der Waals surface area (Å²) in [6.45, 7) is 0. The highest BCUT2D eigenvalue weighted by Crippen LogP contribution is 2.32. The van der Waals surface area contributed by atoms with Gasteiger partial charge in [-0.25, -0.2) is 22.4 Å². The first kappa shape index (κ1) is 33.6. The number of aromatic nitrogens is 4. The predicted octanol–water partition coefficient (Wildman–Crippen LogP) is 7.91. The molecule has 3 aromatic carbocycles. The number of nitrogens with one attached hydrogen (secondary N) is 4. The predicted molar refractivity (Wildman–Crippen MR) is 205 cm³/mol. The number of hydrogen-bond acceptors (Lipinski definition) is 10. The summed E-state index contributed by atoms with van der Waals surface area (Å²) in [6, 6.07) is 27.4. The van der Waals surface area contributed by atoms with Gasteiger partial charge in [0.25, 0.3) is 15.9 Å². The lowest BCUT2D eigenvalue weighted by molar-refractivity contribution is -0.111. The number of thiophene rings is 1. The van der Waals surface area contributed by atoms with Crippen molar-refractivity contribution in [1.29, 1.82) is 0 Å². The van der Waals surface area contributed by atoms with Crippen LogP contribution in [0.25, 0.3) is 21.3 Å². The highest BCUT2D eigenvalue weighted by molar-refractivity contribution is 9.09. The van der Waals surface area contributed by atoms with Gasteiger partial charge in [-0.1, -0.05) is 46.3 Å². The van der Waals surface area contributed by atoms with E-state index in [9.17, 15) is 18.0 Å². The molecule has 0 aliphatic heterocycles. The molecule has 254 valence electrons. The molecule has 0 radical (unpaired) electrons. The van der Waals surface area contributed by atoms with Crippen LogP contribution in [0.2, 0.25) is 0 Å². The number of fused-ring (bicyclic) bond motifs is 2. The molecule has 7 rings (SSSR count). The van der Waals surface area contributed by atoms with Gasteiger partial charge < -0.3 is 21.3 Å². The second kappa shape index (κ2) is 14.5. The summed E-state index contributed by atoms with van der Waals surface area (Å²) in [5.74, 6) is 0.289. The molecule has 0 unspecified atom stereocenters. The third-order valence-electron chi connectivity index (χ3n) is 7.51. The Morgan fingerprint density at radius 3 is 2.43 bits per heavy atom. The molecular formula is C36H27BrN8O4S2. The zero-order chi connectivity index (χ0) is 35.4. The van der Waals surface area contributed by atoms with Crippen LogP contribution in [0.3, 0.4) is 0 Å². The molecular weight excluding hydrogens is 752 g/mol. The van der Waals surface area contributed by atoms with Crippen LogP contribution in [-0.2, 0) is 14.8 Å². The molecule has 51 heavy (non-hydrogen) atoms. The van der Waals surface area contributed by atoms with Crippen molar-refractivity contribution >= 4 is 105 Å². The Labute approximate surface area is 304 Å². The molecule has 4 N–H and O–H groups in total. The van der Waals surface area contributed by atoms with E-state index in [0.717, 1.165) is 10.2 Å². The summed E-state index contributed by atoms with van der Waals surface area (Å²) in [4.78, 5) is 39.0. The molecule has 4 heterocycles. The number of rotatable bonds is 11. The van der Waals surface area contributed by atoms with Crippen LogP contribution in [0.15, 0.2) is 132 Å². The molecule has 0 spiro atoms. The van der Waals surface area contributed by atoms with Crippen molar-refractivity contribution in [2.45, 2.75) is 4.90 Å². The fourth-order valence-electron chi connectivity index (χ4n) is 5.16. The average Bonchev–Trinajstić information content (AvgIpc) is 3.79. The molecule has 0 saturated carbocycles. The fraction of sp³-hybridized carbons (Fsp3) is 0.0278. The number of amides is 2. The van der Waals surface area contributed by atoms with Crippen LogP contribution in [0.4, 0.5) is 34.5 Å². The minimum absolute atomic E-state index is 0.174. The van der Waals surface area contributed by atoms with Gasteiger partial charge in [-0.05, 0) is 78.2 Å². The first-order chi connectivity index (χ1) is 24.8. The lowest BCUT2D eigenvalue weighted by Crippen LogP contribution is -2.12. The number of halogens is 1. The van der Waals surface area contributed by atoms with Crippen LogP contribution < -0.4 is 21.3 Å². The Bertz CT molecular complexity index is 2540. The van der Waals surface area contributed by atoms with E-state index in [-0.39, 0.29) is 16.7 Å². The average molecular weight is 780 g/mol. The molecule has 0 aliphatic carbocycles. The second-order valence-electron chi connectivity index (χ2n) is 11.0. The van der Waals surface area contributed by atoms with Crippen LogP contribution in [0.5, 0.6) is 0 Å². The Morgan fingerprint density at radius 2 is 1.63 bits per heavy atom. The number of pyridine rings is 1. The van der Waals surface area contributed by atoms with E-state index in [1.165, 1.54) is 27.6 Å². The van der Waals surface area contributed by atoms with Gasteiger partial charge in [0.1, 0.15) is 0 Å². The maximum Gasteiger partial charge on any atom is 0.269 e. The highest BCUT2D eigenvalue weighted by atomic mass is 79.9. The Kier molecular flexibility index (Phi) is 9.57. The van der Waals surface area contributed by atoms with E-state index in [2.05, 4.69) is 47.2 Å². The number of benzene rings is 3. The van der Waals surface area contributed by atoms with E-state index in [0.29, 0.717) is 56.4 Å². The first-order valence-electron chi connectivity index (χ1n) is 15.4. The van der Waals surface area contributed by atoms with Gasteiger partial charge in [0.15, 0.2) is 11.5 Å². The van der Waals surface area contributed by atoms with Crippen LogP contribution in [0.1, 0.15) is 10.4 Å². The zero-order valence-electron chi connectivity index (χ0n) is 26.4. The monoisotopic (exact) mass is 778 g/mol. The summed E-state index contributed by atoms with van der Waals surface area (Å²) in [6.07, 6.45) is 6.17. The lowest BCUT2D eigenvalue weighted by Gasteiger charge is -2.12. The summed E-state index contributed by atoms with van der Waals surface area (Å²) >= 11 is 4.71. The first-order valence-corrected chi connectivity index (χ1v) is 18.8. The standard InChI is InChI=1S/C36H27BrN8O4S2/c37-17-5-10-31(46)39-25-13-11-23(12-14-25)35(47)41-26-6-4-7-27(21-26)42-36-43-30-16-19-50-32(30)33(44-36)40-28-20-24-15-18-45(34(24)38-22-28)51(48,49)29-8-2-1-3-9-29/h1-16,18-22H,17H2,(H,39,46)(H,41,47)(H2,40,42,43,44). The molecule has 2 amide bonds. The second-order valence-corrected chi connectivity index (χ2v) is 14.4. The third kappa shape index (κ3) is 7.50. The van der Waals surface area contributed by atoms with Gasteiger partial charge in [-0.3, -0.25) is 9.59 Å². The number of anilines is 6. The topological polar surface area (TPSA) is 160 Å². The summed E-state index contributed by atoms with van der Waals surface area (Å²) in [5.41, 5.74) is 3.84. The number of alkyl halides is 1. The molecule has 4 aromatic heterocycles. The summed E-state index contributed by atoms with van der Waals surface area (Å²) in [7, 11) is -3.81. The van der Waals surface area contributed by atoms with Crippen molar-refractivity contribution in [2.75, 3.05) is 26.6 Å². The Morgan fingerprint density at radius 1 is 0.824 bits per heavy atom. The van der Waals surface area contributed by atoms with Crippen LogP contribution in [0, 0.1) is 0 Å². The quantitative estimate of drug-likeness (QED) is 0.0756. The maximum atomic E-state index is 13.2. The van der Waals surface area contributed by atoms with Crippen molar-refractivity contribution < 1.29 is 18.0 Å². The fourth-order valence-corrected chi connectivity index (χ4v) is 7.45. The minimum atomic E-state index is -3.81.